The lowest BCUT2D eigenvalue weighted by atomic mass is 10.2. The Hall–Kier alpha value is -0.340. The van der Waals surface area contributed by atoms with Gasteiger partial charge in [0.15, 0.2) is 0 Å². The molecule has 1 N–H and O–H groups in total. The van der Waals surface area contributed by atoms with Crippen LogP contribution in [0.5, 0.6) is 0 Å². The Morgan fingerprint density at radius 2 is 1.93 bits per heavy atom. The molecule has 0 radical (unpaired) electrons. The molecular weight excluding hydrogens is 221 g/mol. The minimum Gasteiger partial charge on any atom is -0.292 e. The Balaban J connectivity index is 2.38. The number of hydrogen-bond donors (Lipinski definition) is 1. The van der Waals surface area contributed by atoms with Gasteiger partial charge in [-0.15, -0.1) is 0 Å². The summed E-state index contributed by atoms with van der Waals surface area (Å²) in [6.45, 7) is -1.14. The predicted molar refractivity (Wildman–Crippen MR) is 44.3 cm³/mol. The minimum absolute atomic E-state index is 0.0529. The van der Waals surface area contributed by atoms with Crippen molar-refractivity contribution in [2.75, 3.05) is 26.7 Å². The summed E-state index contributed by atoms with van der Waals surface area (Å²) in [5, 5.41) is -0.713. The molecule has 1 fully saturated rings. The van der Waals surface area contributed by atoms with Crippen LogP contribution in [0.15, 0.2) is 0 Å². The summed E-state index contributed by atoms with van der Waals surface area (Å²) < 4.78 is 59.7. The highest BCUT2D eigenvalue weighted by Crippen LogP contribution is 2.22. The van der Waals surface area contributed by atoms with Crippen LogP contribution in [0, 0.1) is 0 Å². The molecule has 1 rings (SSSR count). The Morgan fingerprint density at radius 3 is 2.29 bits per heavy atom. The largest absolute Gasteiger partial charge is 0.401 e. The number of hydrogen-bond acceptors (Lipinski definition) is 3. The second-order valence-corrected chi connectivity index (χ2v) is 5.35. The quantitative estimate of drug-likeness (QED) is 0.732. The topological polar surface area (TPSA) is 49.4 Å². The molecule has 14 heavy (non-hydrogen) atoms. The zero-order valence-electron chi connectivity index (χ0n) is 7.50. The van der Waals surface area contributed by atoms with Gasteiger partial charge in [0.05, 0.1) is 6.54 Å². The molecule has 0 spiro atoms. The third-order valence-electron chi connectivity index (χ3n) is 2.05. The van der Waals surface area contributed by atoms with E-state index in [-0.39, 0.29) is 13.1 Å². The third kappa shape index (κ3) is 2.82. The van der Waals surface area contributed by atoms with Crippen molar-refractivity contribution < 1.29 is 21.6 Å². The monoisotopic (exact) mass is 232 g/mol. The lowest BCUT2D eigenvalue weighted by molar-refractivity contribution is -0.152. The standard InChI is InChI=1S/C6H11F3N2O2S/c1-10-14(12,13)5-2-11(3-5)4-6(7,8)9/h5,10H,2-4H2,1H3. The van der Waals surface area contributed by atoms with Crippen molar-refractivity contribution >= 4 is 10.0 Å². The van der Waals surface area contributed by atoms with Crippen molar-refractivity contribution in [2.24, 2.45) is 0 Å². The Morgan fingerprint density at radius 1 is 1.43 bits per heavy atom. The second-order valence-electron chi connectivity index (χ2n) is 3.18. The fourth-order valence-electron chi connectivity index (χ4n) is 1.27. The molecule has 84 valence electrons. The average Bonchev–Trinajstić information content (AvgIpc) is 1.94. The van der Waals surface area contributed by atoms with E-state index in [1.54, 1.807) is 0 Å². The summed E-state index contributed by atoms with van der Waals surface area (Å²) in [6, 6.07) is 0. The molecule has 0 unspecified atom stereocenters. The van der Waals surface area contributed by atoms with Gasteiger partial charge in [-0.05, 0) is 7.05 Å². The van der Waals surface area contributed by atoms with Gasteiger partial charge in [-0.1, -0.05) is 0 Å². The normalized spacial score (nSPS) is 20.9. The molecule has 1 saturated heterocycles. The maximum absolute atomic E-state index is 11.8. The highest BCUT2D eigenvalue weighted by Gasteiger charge is 2.41. The molecule has 0 aliphatic carbocycles. The van der Waals surface area contributed by atoms with E-state index in [0.29, 0.717) is 0 Å². The van der Waals surface area contributed by atoms with Gasteiger partial charge in [-0.2, -0.15) is 13.2 Å². The van der Waals surface area contributed by atoms with Crippen LogP contribution in [0.3, 0.4) is 0 Å². The predicted octanol–water partition coefficient (Wildman–Crippen LogP) is -0.218. The summed E-state index contributed by atoms with van der Waals surface area (Å²) >= 11 is 0. The molecule has 0 aromatic heterocycles. The molecule has 0 aromatic carbocycles. The molecular formula is C6H11F3N2O2S. The van der Waals surface area contributed by atoms with Crippen molar-refractivity contribution in [3.05, 3.63) is 0 Å². The lowest BCUT2D eigenvalue weighted by Gasteiger charge is -2.38. The summed E-state index contributed by atoms with van der Waals surface area (Å²) in [4.78, 5) is 1.06. The van der Waals surface area contributed by atoms with Gasteiger partial charge in [0, 0.05) is 13.1 Å². The number of nitrogens with one attached hydrogen (secondary N) is 1. The first kappa shape index (κ1) is 11.7. The molecule has 0 aromatic rings. The van der Waals surface area contributed by atoms with Gasteiger partial charge in [-0.25, -0.2) is 13.1 Å². The zero-order valence-corrected chi connectivity index (χ0v) is 8.32. The lowest BCUT2D eigenvalue weighted by Crippen LogP contribution is -2.58. The fraction of sp³-hybridized carbons (Fsp3) is 1.00. The van der Waals surface area contributed by atoms with Crippen molar-refractivity contribution in [2.45, 2.75) is 11.4 Å². The number of rotatable bonds is 3. The van der Waals surface area contributed by atoms with E-state index >= 15 is 0 Å². The number of halogens is 3. The fourth-order valence-corrected chi connectivity index (χ4v) is 2.42. The van der Waals surface area contributed by atoms with Gasteiger partial charge >= 0.3 is 6.18 Å². The van der Waals surface area contributed by atoms with Gasteiger partial charge < -0.3 is 0 Å². The number of likely N-dealkylation sites (tertiary alicyclic amines) is 1. The van der Waals surface area contributed by atoms with Gasteiger partial charge in [0.1, 0.15) is 5.25 Å². The maximum atomic E-state index is 11.8. The van der Waals surface area contributed by atoms with Gasteiger partial charge in [0.2, 0.25) is 10.0 Å². The van der Waals surface area contributed by atoms with Crippen LogP contribution < -0.4 is 4.72 Å². The van der Waals surface area contributed by atoms with E-state index < -0.39 is 28.0 Å². The number of alkyl halides is 3. The van der Waals surface area contributed by atoms with E-state index in [2.05, 4.69) is 4.72 Å². The van der Waals surface area contributed by atoms with E-state index in [1.807, 2.05) is 0 Å². The van der Waals surface area contributed by atoms with Crippen molar-refractivity contribution in [1.29, 1.82) is 0 Å². The van der Waals surface area contributed by atoms with E-state index in [0.717, 1.165) is 4.90 Å². The summed E-state index contributed by atoms with van der Waals surface area (Å²) in [6.07, 6.45) is -4.26. The number of nitrogens with zero attached hydrogens (tertiary/aromatic N) is 1. The summed E-state index contributed by atoms with van der Waals surface area (Å²) in [5.74, 6) is 0. The Bertz CT molecular complexity index is 295. The molecule has 4 nitrogen and oxygen atoms in total. The smallest absolute Gasteiger partial charge is 0.292 e. The van der Waals surface area contributed by atoms with E-state index in [9.17, 15) is 21.6 Å². The van der Waals surface area contributed by atoms with E-state index in [4.69, 9.17) is 0 Å². The SMILES string of the molecule is CNS(=O)(=O)C1CN(CC(F)(F)F)C1. The van der Waals surface area contributed by atoms with Crippen LogP contribution >= 0.6 is 0 Å². The summed E-state index contributed by atoms with van der Waals surface area (Å²) in [7, 11) is -2.16. The first-order chi connectivity index (χ1) is 6.24. The van der Waals surface area contributed by atoms with Crippen LogP contribution in [0.1, 0.15) is 0 Å². The Labute approximate surface area is 80.1 Å². The molecule has 0 amide bonds. The number of sulfonamides is 1. The van der Waals surface area contributed by atoms with Crippen molar-refractivity contribution in [3.63, 3.8) is 0 Å². The maximum Gasteiger partial charge on any atom is 0.401 e. The van der Waals surface area contributed by atoms with Gasteiger partial charge in [-0.3, -0.25) is 4.90 Å². The van der Waals surface area contributed by atoms with E-state index in [1.165, 1.54) is 7.05 Å². The van der Waals surface area contributed by atoms with Crippen LogP contribution in [0.25, 0.3) is 0 Å². The van der Waals surface area contributed by atoms with Crippen molar-refractivity contribution in [3.8, 4) is 0 Å². The summed E-state index contributed by atoms with van der Waals surface area (Å²) in [5.41, 5.74) is 0. The first-order valence-electron chi connectivity index (χ1n) is 3.96. The van der Waals surface area contributed by atoms with Gasteiger partial charge in [0.25, 0.3) is 0 Å². The van der Waals surface area contributed by atoms with Crippen LogP contribution in [0.4, 0.5) is 13.2 Å². The average molecular weight is 232 g/mol. The van der Waals surface area contributed by atoms with Crippen LogP contribution in [-0.4, -0.2) is 51.4 Å². The highest BCUT2D eigenvalue weighted by molar-refractivity contribution is 7.90. The Kier molecular flexibility index (Phi) is 3.07. The molecule has 8 heteroatoms. The first-order valence-corrected chi connectivity index (χ1v) is 5.51. The molecule has 1 heterocycles. The minimum atomic E-state index is -4.26. The molecule has 0 bridgehead atoms. The molecule has 0 atom stereocenters. The van der Waals surface area contributed by atoms with Crippen LogP contribution in [-0.2, 0) is 10.0 Å². The highest BCUT2D eigenvalue weighted by atomic mass is 32.2. The molecule has 1 aliphatic rings. The van der Waals surface area contributed by atoms with Crippen molar-refractivity contribution in [1.82, 2.24) is 9.62 Å². The zero-order chi connectivity index (χ0) is 11.0. The molecule has 1 aliphatic heterocycles. The van der Waals surface area contributed by atoms with Crippen LogP contribution in [0.2, 0.25) is 0 Å². The second kappa shape index (κ2) is 3.67. The molecule has 0 saturated carbocycles. The third-order valence-corrected chi connectivity index (χ3v) is 3.79.